The highest BCUT2D eigenvalue weighted by Gasteiger charge is 2.18. The van der Waals surface area contributed by atoms with Crippen LogP contribution >= 0.6 is 0 Å². The first-order valence-electron chi connectivity index (χ1n) is 9.01. The number of aromatic nitrogens is 1. The number of halogens is 2. The number of hydrogen-bond acceptors (Lipinski definition) is 5. The minimum Gasteiger partial charge on any atom is -0.508 e. The van der Waals surface area contributed by atoms with E-state index in [0.717, 1.165) is 17.6 Å². The number of aromatic hydroxyl groups is 1. The highest BCUT2D eigenvalue weighted by Crippen LogP contribution is 2.26. The third kappa shape index (κ3) is 5.27. The lowest BCUT2D eigenvalue weighted by Crippen LogP contribution is -2.11. The Kier molecular flexibility index (Phi) is 6.35. The highest BCUT2D eigenvalue weighted by molar-refractivity contribution is 6.05. The first-order valence-corrected chi connectivity index (χ1v) is 9.01. The molecule has 0 saturated carbocycles. The Bertz CT molecular complexity index is 1210. The number of nitrogens with one attached hydrogen (secondary N) is 1. The van der Waals surface area contributed by atoms with Gasteiger partial charge in [0.25, 0.3) is 0 Å². The van der Waals surface area contributed by atoms with Crippen LogP contribution in [0.1, 0.15) is 32.2 Å². The summed E-state index contributed by atoms with van der Waals surface area (Å²) in [6.07, 6.45) is 1.53. The smallest absolute Gasteiger partial charge is 0.341 e. The van der Waals surface area contributed by atoms with Crippen molar-refractivity contribution in [2.75, 3.05) is 0 Å². The number of aryl methyl sites for hydroxylation is 1. The summed E-state index contributed by atoms with van der Waals surface area (Å²) in [6.45, 7) is 1.87. The molecular formula is C22H18F2N2O5. The van der Waals surface area contributed by atoms with Crippen molar-refractivity contribution >= 4 is 22.8 Å². The molecule has 4 N–H and O–H groups in total. The van der Waals surface area contributed by atoms with Crippen LogP contribution in [0.2, 0.25) is 0 Å². The number of aromatic amines is 1. The summed E-state index contributed by atoms with van der Waals surface area (Å²) in [5, 5.41) is 10.2. The van der Waals surface area contributed by atoms with Crippen LogP contribution in [0, 0.1) is 18.6 Å². The van der Waals surface area contributed by atoms with Crippen molar-refractivity contribution < 1.29 is 32.6 Å². The zero-order valence-corrected chi connectivity index (χ0v) is 16.3. The number of carbonyl (C=O) groups excluding carboxylic acids is 2. The second kappa shape index (κ2) is 9.12. The second-order valence-electron chi connectivity index (χ2n) is 6.53. The van der Waals surface area contributed by atoms with Crippen LogP contribution in [0.3, 0.4) is 0 Å². The van der Waals surface area contributed by atoms with E-state index in [1.165, 1.54) is 6.26 Å². The Morgan fingerprint density at radius 1 is 1.13 bits per heavy atom. The number of primary amides is 1. The maximum Gasteiger partial charge on any atom is 0.341 e. The maximum absolute atomic E-state index is 12.3. The molecule has 2 aromatic heterocycles. The molecular weight excluding hydrogens is 410 g/mol. The van der Waals surface area contributed by atoms with E-state index in [0.29, 0.717) is 28.5 Å². The van der Waals surface area contributed by atoms with E-state index >= 15 is 0 Å². The molecule has 0 aliphatic carbocycles. The van der Waals surface area contributed by atoms with Crippen molar-refractivity contribution in [3.63, 3.8) is 0 Å². The van der Waals surface area contributed by atoms with Crippen LogP contribution in [-0.2, 0) is 11.3 Å². The summed E-state index contributed by atoms with van der Waals surface area (Å²) in [5.41, 5.74) is 6.53. The number of phenolic OH excluding ortho intramolecular Hbond substituents is 1. The van der Waals surface area contributed by atoms with E-state index in [1.54, 1.807) is 37.3 Å². The number of rotatable bonds is 4. The van der Waals surface area contributed by atoms with Crippen molar-refractivity contribution in [2.24, 2.45) is 5.73 Å². The number of H-pyrrole nitrogens is 1. The molecule has 1 amide bonds. The fourth-order valence-electron chi connectivity index (χ4n) is 2.88. The van der Waals surface area contributed by atoms with E-state index in [2.05, 4.69) is 4.98 Å². The summed E-state index contributed by atoms with van der Waals surface area (Å²) in [7, 11) is 0. The van der Waals surface area contributed by atoms with Crippen molar-refractivity contribution in [1.82, 2.24) is 4.98 Å². The lowest BCUT2D eigenvalue weighted by molar-refractivity contribution is 0.0447. The van der Waals surface area contributed by atoms with Gasteiger partial charge in [0.05, 0.1) is 11.8 Å². The van der Waals surface area contributed by atoms with Crippen LogP contribution in [0.15, 0.2) is 59.2 Å². The van der Waals surface area contributed by atoms with E-state index in [9.17, 15) is 23.5 Å². The van der Waals surface area contributed by atoms with Crippen molar-refractivity contribution in [1.29, 1.82) is 0 Å². The monoisotopic (exact) mass is 428 g/mol. The number of fused-ring (bicyclic) bond motifs is 1. The van der Waals surface area contributed by atoms with E-state index in [4.69, 9.17) is 14.9 Å². The van der Waals surface area contributed by atoms with E-state index in [1.807, 2.05) is 0 Å². The Morgan fingerprint density at radius 3 is 2.45 bits per heavy atom. The average molecular weight is 428 g/mol. The number of hydrogen-bond donors (Lipinski definition) is 3. The SMILES string of the molecule is Cc1[nH]c2ccc(O)cc2c1C(=O)OCc1ccco1.NC(=O)c1cc(F)cc(F)c1. The summed E-state index contributed by atoms with van der Waals surface area (Å²) in [5.74, 6) is -2.22. The molecule has 7 nitrogen and oxygen atoms in total. The number of amides is 1. The lowest BCUT2D eigenvalue weighted by Gasteiger charge is -2.03. The van der Waals surface area contributed by atoms with Gasteiger partial charge in [-0.1, -0.05) is 0 Å². The van der Waals surface area contributed by atoms with Crippen molar-refractivity contribution in [3.8, 4) is 5.75 Å². The third-order valence-electron chi connectivity index (χ3n) is 4.25. The molecule has 160 valence electrons. The van der Waals surface area contributed by atoms with Crippen LogP contribution in [0.25, 0.3) is 10.9 Å². The molecule has 2 heterocycles. The Balaban J connectivity index is 0.000000210. The number of carbonyl (C=O) groups is 2. The molecule has 0 atom stereocenters. The number of ether oxygens (including phenoxy) is 1. The predicted molar refractivity (Wildman–Crippen MR) is 107 cm³/mol. The summed E-state index contributed by atoms with van der Waals surface area (Å²) >= 11 is 0. The maximum atomic E-state index is 12.3. The number of esters is 1. The van der Waals surface area contributed by atoms with Gasteiger partial charge in [0.1, 0.15) is 29.8 Å². The van der Waals surface area contributed by atoms with Gasteiger partial charge in [0.2, 0.25) is 5.91 Å². The number of benzene rings is 2. The van der Waals surface area contributed by atoms with Gasteiger partial charge in [-0.05, 0) is 49.4 Å². The highest BCUT2D eigenvalue weighted by atomic mass is 19.1. The fraction of sp³-hybridized carbons (Fsp3) is 0.0909. The molecule has 0 fully saturated rings. The van der Waals surface area contributed by atoms with Crippen LogP contribution in [0.4, 0.5) is 8.78 Å². The summed E-state index contributed by atoms with van der Waals surface area (Å²) in [6, 6.07) is 10.7. The molecule has 0 bridgehead atoms. The second-order valence-corrected chi connectivity index (χ2v) is 6.53. The Morgan fingerprint density at radius 2 is 1.84 bits per heavy atom. The summed E-state index contributed by atoms with van der Waals surface area (Å²) in [4.78, 5) is 25.7. The van der Waals surface area contributed by atoms with Gasteiger partial charge < -0.3 is 25.0 Å². The normalized spacial score (nSPS) is 10.4. The first kappa shape index (κ1) is 21.6. The number of phenols is 1. The minimum absolute atomic E-state index is 0.0801. The summed E-state index contributed by atoms with van der Waals surface area (Å²) < 4.78 is 35.0. The van der Waals surface area contributed by atoms with Gasteiger partial charge in [0, 0.05) is 28.2 Å². The van der Waals surface area contributed by atoms with E-state index in [-0.39, 0.29) is 17.9 Å². The lowest BCUT2D eigenvalue weighted by atomic mass is 10.1. The first-order chi connectivity index (χ1) is 14.7. The van der Waals surface area contributed by atoms with Gasteiger partial charge in [-0.2, -0.15) is 0 Å². The van der Waals surface area contributed by atoms with Crippen LogP contribution < -0.4 is 5.73 Å². The number of furan rings is 1. The predicted octanol–water partition coefficient (Wildman–Crippen LogP) is 4.20. The van der Waals surface area contributed by atoms with Gasteiger partial charge in [0.15, 0.2) is 0 Å². The minimum atomic E-state index is -0.844. The standard InChI is InChI=1S/C15H13NO4.C7H5F2NO/c1-9-14(12-7-10(17)4-5-13(12)16-9)15(18)20-8-11-3-2-6-19-11;8-5-1-4(7(10)11)2-6(9)3-5/h2-7,16-17H,8H2,1H3;1-3H,(H2,10,11). The van der Waals surface area contributed by atoms with Crippen LogP contribution in [0.5, 0.6) is 5.75 Å². The topological polar surface area (TPSA) is 119 Å². The largest absolute Gasteiger partial charge is 0.508 e. The van der Waals surface area contributed by atoms with Gasteiger partial charge in [-0.3, -0.25) is 4.79 Å². The molecule has 0 saturated heterocycles. The van der Waals surface area contributed by atoms with Crippen molar-refractivity contribution in [2.45, 2.75) is 13.5 Å². The average Bonchev–Trinajstić information content (AvgIpc) is 3.32. The molecule has 4 rings (SSSR count). The zero-order valence-electron chi connectivity index (χ0n) is 16.3. The Hall–Kier alpha value is -4.14. The van der Waals surface area contributed by atoms with Gasteiger partial charge in [-0.15, -0.1) is 0 Å². The quantitative estimate of drug-likeness (QED) is 0.421. The molecule has 31 heavy (non-hydrogen) atoms. The molecule has 0 radical (unpaired) electrons. The van der Waals surface area contributed by atoms with Gasteiger partial charge in [-0.25, -0.2) is 13.6 Å². The van der Waals surface area contributed by atoms with Crippen LogP contribution in [-0.4, -0.2) is 22.0 Å². The van der Waals surface area contributed by atoms with Gasteiger partial charge >= 0.3 is 5.97 Å². The Labute approximate surface area is 175 Å². The number of nitrogens with two attached hydrogens (primary N) is 1. The molecule has 4 aromatic rings. The zero-order chi connectivity index (χ0) is 22.5. The van der Waals surface area contributed by atoms with E-state index < -0.39 is 23.5 Å². The molecule has 0 spiro atoms. The molecule has 0 unspecified atom stereocenters. The fourth-order valence-corrected chi connectivity index (χ4v) is 2.88. The molecule has 0 aliphatic rings. The molecule has 9 heteroatoms. The van der Waals surface area contributed by atoms with Crippen molar-refractivity contribution in [3.05, 3.63) is 89.0 Å². The molecule has 2 aromatic carbocycles. The third-order valence-corrected chi connectivity index (χ3v) is 4.25. The molecule has 0 aliphatic heterocycles.